The maximum atomic E-state index is 5.91. The molecule has 0 fully saturated rings. The van der Waals surface area contributed by atoms with E-state index in [4.69, 9.17) is 8.83 Å². The van der Waals surface area contributed by atoms with Crippen molar-refractivity contribution in [2.45, 2.75) is 43.4 Å². The van der Waals surface area contributed by atoms with Crippen LogP contribution in [0, 0.1) is 13.8 Å². The highest BCUT2D eigenvalue weighted by atomic mass is 16.4. The van der Waals surface area contributed by atoms with Gasteiger partial charge in [0.1, 0.15) is 0 Å². The molecule has 0 saturated carbocycles. The SMILES string of the molecule is Cc1ncc(-c2ccc(C3=CCC4(C)C(=C3)C3(c5ccccc5-c5ccccc53)c3cc(-c5ccc6c(c5)C5(c7ccccc7-c7ccccc75)c5cc(-c7ccc(-c8cnc(C)o8)cc7)ccc5-6)ccc34)cc2)o1. The van der Waals surface area contributed by atoms with E-state index in [1.165, 1.54) is 111 Å². The molecule has 2 heterocycles. The van der Waals surface area contributed by atoms with Gasteiger partial charge in [0.2, 0.25) is 0 Å². The highest BCUT2D eigenvalue weighted by Gasteiger charge is 2.60. The largest absolute Gasteiger partial charge is 0.441 e. The quantitative estimate of drug-likeness (QED) is 0.172. The second kappa shape index (κ2) is 15.2. The summed E-state index contributed by atoms with van der Waals surface area (Å²) in [6, 6.07) is 76.0. The Morgan fingerprint density at radius 1 is 0.360 bits per heavy atom. The molecule has 2 spiro atoms. The van der Waals surface area contributed by atoms with Crippen molar-refractivity contribution in [2.24, 2.45) is 0 Å². The Morgan fingerprint density at radius 2 is 0.747 bits per heavy atom. The van der Waals surface area contributed by atoms with Crippen molar-refractivity contribution in [3.8, 4) is 78.3 Å². The van der Waals surface area contributed by atoms with Gasteiger partial charge >= 0.3 is 0 Å². The number of benzene rings is 9. The average molecular weight is 961 g/mol. The zero-order chi connectivity index (χ0) is 49.8. The molecule has 0 amide bonds. The first-order valence-corrected chi connectivity index (χ1v) is 26.2. The summed E-state index contributed by atoms with van der Waals surface area (Å²) in [4.78, 5) is 8.71. The molecule has 0 saturated heterocycles. The van der Waals surface area contributed by atoms with Crippen LogP contribution in [0.3, 0.4) is 0 Å². The summed E-state index contributed by atoms with van der Waals surface area (Å²) in [5.74, 6) is 2.90. The zero-order valence-electron chi connectivity index (χ0n) is 41.8. The predicted molar refractivity (Wildman–Crippen MR) is 300 cm³/mol. The Morgan fingerprint density at radius 3 is 1.23 bits per heavy atom. The van der Waals surface area contributed by atoms with Crippen molar-refractivity contribution >= 4 is 5.57 Å². The smallest absolute Gasteiger partial charge is 0.191 e. The van der Waals surface area contributed by atoms with E-state index in [2.05, 4.69) is 229 Å². The lowest BCUT2D eigenvalue weighted by molar-refractivity contribution is 0.534. The van der Waals surface area contributed by atoms with E-state index in [-0.39, 0.29) is 5.41 Å². The summed E-state index contributed by atoms with van der Waals surface area (Å²) in [5.41, 5.74) is 28.0. The Balaban J connectivity index is 0.877. The number of hydrogen-bond donors (Lipinski definition) is 0. The van der Waals surface area contributed by atoms with Gasteiger partial charge in [-0.25, -0.2) is 9.97 Å². The van der Waals surface area contributed by atoms with Gasteiger partial charge in [-0.1, -0.05) is 201 Å². The van der Waals surface area contributed by atoms with Gasteiger partial charge in [0.25, 0.3) is 0 Å². The van der Waals surface area contributed by atoms with Gasteiger partial charge in [0.15, 0.2) is 23.3 Å². The maximum absolute atomic E-state index is 5.91. The minimum atomic E-state index is -0.524. The van der Waals surface area contributed by atoms with Gasteiger partial charge in [-0.3, -0.25) is 0 Å². The molecule has 11 aromatic rings. The normalized spacial score (nSPS) is 17.1. The number of oxazole rings is 2. The van der Waals surface area contributed by atoms with E-state index >= 15 is 0 Å². The second-order valence-corrected chi connectivity index (χ2v) is 21.4. The summed E-state index contributed by atoms with van der Waals surface area (Å²) in [5, 5.41) is 0. The van der Waals surface area contributed by atoms with Crippen LogP contribution in [0.5, 0.6) is 0 Å². The number of fused-ring (bicyclic) bond motifs is 20. The van der Waals surface area contributed by atoms with Gasteiger partial charge in [0.05, 0.1) is 23.2 Å². The Kier molecular flexibility index (Phi) is 8.60. The molecule has 1 unspecified atom stereocenters. The van der Waals surface area contributed by atoms with Crippen molar-refractivity contribution in [2.75, 3.05) is 0 Å². The monoisotopic (exact) mass is 960 g/mol. The van der Waals surface area contributed by atoms with Crippen molar-refractivity contribution < 1.29 is 8.83 Å². The molecule has 2 aromatic heterocycles. The van der Waals surface area contributed by atoms with Crippen molar-refractivity contribution in [1.29, 1.82) is 0 Å². The molecule has 0 N–H and O–H groups in total. The number of rotatable bonds is 5. The van der Waals surface area contributed by atoms with Crippen molar-refractivity contribution in [1.82, 2.24) is 9.97 Å². The molecule has 75 heavy (non-hydrogen) atoms. The number of hydrogen-bond acceptors (Lipinski definition) is 4. The fourth-order valence-electron chi connectivity index (χ4n) is 14.4. The molecule has 9 aromatic carbocycles. The molecule has 16 rings (SSSR count). The molecule has 4 heteroatoms. The first kappa shape index (κ1) is 42.4. The van der Waals surface area contributed by atoms with Crippen LogP contribution < -0.4 is 0 Å². The van der Waals surface area contributed by atoms with Crippen LogP contribution in [0.25, 0.3) is 83.9 Å². The third-order valence-electron chi connectivity index (χ3n) is 17.7. The number of allylic oxidation sites excluding steroid dienone is 4. The molecule has 5 aliphatic carbocycles. The lowest BCUT2D eigenvalue weighted by Crippen LogP contribution is -2.33. The van der Waals surface area contributed by atoms with Crippen LogP contribution >= 0.6 is 0 Å². The summed E-state index contributed by atoms with van der Waals surface area (Å²) in [7, 11) is 0. The summed E-state index contributed by atoms with van der Waals surface area (Å²) in [6.07, 6.45) is 9.52. The molecule has 4 nitrogen and oxygen atoms in total. The van der Waals surface area contributed by atoms with E-state index in [1.807, 2.05) is 20.0 Å². The molecule has 0 radical (unpaired) electrons. The molecule has 0 aliphatic heterocycles. The zero-order valence-corrected chi connectivity index (χ0v) is 41.8. The van der Waals surface area contributed by atoms with E-state index in [9.17, 15) is 0 Å². The van der Waals surface area contributed by atoms with Gasteiger partial charge in [-0.2, -0.15) is 0 Å². The third-order valence-corrected chi connectivity index (χ3v) is 17.7. The second-order valence-electron chi connectivity index (χ2n) is 21.4. The third kappa shape index (κ3) is 5.61. The highest BCUT2D eigenvalue weighted by Crippen LogP contribution is 2.69. The van der Waals surface area contributed by atoms with Crippen LogP contribution in [0.4, 0.5) is 0 Å². The Hall–Kier alpha value is -9.12. The van der Waals surface area contributed by atoms with Crippen LogP contribution in [0.2, 0.25) is 0 Å². The van der Waals surface area contributed by atoms with Gasteiger partial charge in [0, 0.05) is 30.4 Å². The number of aromatic nitrogens is 2. The Bertz CT molecular complexity index is 4220. The van der Waals surface area contributed by atoms with Gasteiger partial charge in [-0.05, 0) is 141 Å². The van der Waals surface area contributed by atoms with Crippen molar-refractivity contribution in [3.63, 3.8) is 0 Å². The summed E-state index contributed by atoms with van der Waals surface area (Å²) >= 11 is 0. The standard InChI is InChI=1S/C71H48N2O2/c1-42-72-40-66(74-42)46-24-20-44(21-25-46)48-28-31-56-57-32-29-49(37-64(57)70(63(56)36-48)58-16-8-4-12-52(58)53-13-5-9-17-59(53)70)50-30-33-62-65(38-50)71(60-18-10-6-14-54(60)55-15-7-11-19-61(55)71)68-39-51(34-35-69(62,68)3)45-22-26-47(27-23-45)67-41-73-43(2)75-67/h4-34,36-41H,35H2,1-3H3. The van der Waals surface area contributed by atoms with Crippen LogP contribution in [0.1, 0.15) is 75.2 Å². The average Bonchev–Trinajstić information content (AvgIpc) is 4.33. The lowest BCUT2D eigenvalue weighted by atomic mass is 9.64. The number of aryl methyl sites for hydroxylation is 2. The van der Waals surface area contributed by atoms with Gasteiger partial charge in [-0.15, -0.1) is 0 Å². The molecule has 1 atom stereocenters. The minimum Gasteiger partial charge on any atom is -0.441 e. The minimum absolute atomic E-state index is 0.243. The van der Waals surface area contributed by atoms with Gasteiger partial charge < -0.3 is 8.83 Å². The summed E-state index contributed by atoms with van der Waals surface area (Å²) < 4.78 is 11.8. The first-order chi connectivity index (χ1) is 36.8. The van der Waals surface area contributed by atoms with Crippen LogP contribution in [-0.4, -0.2) is 9.97 Å². The molecule has 5 aliphatic rings. The molecule has 354 valence electrons. The van der Waals surface area contributed by atoms with E-state index in [1.54, 1.807) is 6.20 Å². The molecule has 0 bridgehead atoms. The first-order valence-electron chi connectivity index (χ1n) is 26.2. The molecular weight excluding hydrogens is 913 g/mol. The Labute approximate surface area is 436 Å². The van der Waals surface area contributed by atoms with E-state index in [0.717, 1.165) is 34.6 Å². The van der Waals surface area contributed by atoms with E-state index < -0.39 is 10.8 Å². The van der Waals surface area contributed by atoms with Crippen molar-refractivity contribution in [3.05, 3.63) is 292 Å². The summed E-state index contributed by atoms with van der Waals surface area (Å²) in [6.45, 7) is 6.26. The number of nitrogens with zero attached hydrogens (tertiary/aromatic N) is 2. The van der Waals surface area contributed by atoms with Crippen LogP contribution in [-0.2, 0) is 16.2 Å². The molecular formula is C71H48N2O2. The van der Waals surface area contributed by atoms with E-state index in [0.29, 0.717) is 11.8 Å². The fraction of sp³-hybridized carbons (Fsp3) is 0.0986. The fourth-order valence-corrected chi connectivity index (χ4v) is 14.4. The predicted octanol–water partition coefficient (Wildman–Crippen LogP) is 17.3. The van der Waals surface area contributed by atoms with Crippen LogP contribution in [0.15, 0.2) is 239 Å². The maximum Gasteiger partial charge on any atom is 0.191 e. The highest BCUT2D eigenvalue weighted by molar-refractivity contribution is 5.98. The topological polar surface area (TPSA) is 52.1 Å². The lowest BCUT2D eigenvalue weighted by Gasteiger charge is -2.38.